The molecule has 2 rings (SSSR count). The molecule has 0 bridgehead atoms. The summed E-state index contributed by atoms with van der Waals surface area (Å²) in [5.74, 6) is 0.0347. The van der Waals surface area contributed by atoms with E-state index < -0.39 is 26.1 Å². The van der Waals surface area contributed by atoms with Crippen LogP contribution in [0.1, 0.15) is 46.1 Å². The Hall–Kier alpha value is -1.27. The summed E-state index contributed by atoms with van der Waals surface area (Å²) in [4.78, 5) is 13.1. The number of benzene rings is 1. The van der Waals surface area contributed by atoms with Gasteiger partial charge in [0.25, 0.3) is 0 Å². The Morgan fingerprint density at radius 2 is 1.79 bits per heavy atom. The van der Waals surface area contributed by atoms with Crippen LogP contribution < -0.4 is 0 Å². The lowest BCUT2D eigenvalue weighted by atomic mass is 9.81. The summed E-state index contributed by atoms with van der Waals surface area (Å²) in [5, 5.41) is 0.0312. The predicted molar refractivity (Wildman–Crippen MR) is 116 cm³/mol. The van der Waals surface area contributed by atoms with E-state index in [1.54, 1.807) is 6.08 Å². The molecule has 28 heavy (non-hydrogen) atoms. The van der Waals surface area contributed by atoms with Gasteiger partial charge in [0, 0.05) is 12.8 Å². The molecule has 1 fully saturated rings. The highest BCUT2D eigenvalue weighted by atomic mass is 28.4. The molecule has 0 spiro atoms. The SMILES string of the molecule is C=CCO[C@@H]1C[C@@](C)(OCc2ccccc2)C[C@@H](O[Si](C)(C)C(C)(C)C)C1=O. The van der Waals surface area contributed by atoms with Gasteiger partial charge in [-0.15, -0.1) is 6.58 Å². The van der Waals surface area contributed by atoms with Crippen molar-refractivity contribution in [3.63, 3.8) is 0 Å². The van der Waals surface area contributed by atoms with Gasteiger partial charge in [-0.25, -0.2) is 0 Å². The third-order valence-corrected chi connectivity index (χ3v) is 10.4. The van der Waals surface area contributed by atoms with Gasteiger partial charge in [-0.2, -0.15) is 0 Å². The van der Waals surface area contributed by atoms with Crippen molar-refractivity contribution in [2.45, 2.75) is 83.1 Å². The van der Waals surface area contributed by atoms with Gasteiger partial charge in [-0.1, -0.05) is 57.2 Å². The number of hydrogen-bond acceptors (Lipinski definition) is 4. The lowest BCUT2D eigenvalue weighted by molar-refractivity contribution is -0.163. The third-order valence-electron chi connectivity index (χ3n) is 5.96. The molecule has 3 atom stereocenters. The molecule has 0 amide bonds. The topological polar surface area (TPSA) is 44.8 Å². The number of ether oxygens (including phenoxy) is 2. The summed E-state index contributed by atoms with van der Waals surface area (Å²) in [6, 6.07) is 10.1. The fraction of sp³-hybridized carbons (Fsp3) is 0.609. The maximum absolute atomic E-state index is 13.1. The minimum atomic E-state index is -2.10. The van der Waals surface area contributed by atoms with Gasteiger partial charge in [0.2, 0.25) is 0 Å². The van der Waals surface area contributed by atoms with Crippen molar-refractivity contribution in [1.82, 2.24) is 0 Å². The number of ketones is 1. The monoisotopic (exact) mass is 404 g/mol. The molecule has 1 aromatic carbocycles. The molecule has 5 heteroatoms. The molecule has 1 saturated carbocycles. The zero-order valence-corrected chi connectivity index (χ0v) is 19.3. The van der Waals surface area contributed by atoms with E-state index in [0.29, 0.717) is 26.1 Å². The number of Topliss-reactive ketones (excluding diaryl/α,β-unsaturated/α-hetero) is 1. The van der Waals surface area contributed by atoms with E-state index in [-0.39, 0.29) is 10.8 Å². The van der Waals surface area contributed by atoms with Crippen LogP contribution in [-0.4, -0.2) is 38.5 Å². The highest BCUT2D eigenvalue weighted by molar-refractivity contribution is 6.74. The minimum Gasteiger partial charge on any atom is -0.407 e. The normalized spacial score (nSPS) is 26.3. The standard InChI is InChI=1S/C23H36O4Si/c1-8-14-25-19-15-23(5,26-17-18-12-10-9-11-13-18)16-20(21(19)24)27-28(6,7)22(2,3)4/h8-13,19-20H,1,14-17H2,2-7H3/t19-,20-,23-/m1/s1. The van der Waals surface area contributed by atoms with Crippen molar-refractivity contribution < 1.29 is 18.7 Å². The maximum atomic E-state index is 13.1. The van der Waals surface area contributed by atoms with Gasteiger partial charge in [0.15, 0.2) is 14.1 Å². The second kappa shape index (κ2) is 9.03. The van der Waals surface area contributed by atoms with E-state index in [0.717, 1.165) is 5.56 Å². The quantitative estimate of drug-likeness (QED) is 0.436. The average Bonchev–Trinajstić information content (AvgIpc) is 2.61. The van der Waals surface area contributed by atoms with Crippen molar-refractivity contribution in [2.24, 2.45) is 0 Å². The lowest BCUT2D eigenvalue weighted by Crippen LogP contribution is -2.56. The van der Waals surface area contributed by atoms with E-state index in [1.807, 2.05) is 30.3 Å². The van der Waals surface area contributed by atoms with Crippen LogP contribution in [0, 0.1) is 0 Å². The lowest BCUT2D eigenvalue weighted by Gasteiger charge is -2.45. The molecule has 0 heterocycles. The first kappa shape index (κ1) is 23.0. The molecular formula is C23H36O4Si. The minimum absolute atomic E-state index is 0.0312. The molecule has 1 aromatic rings. The van der Waals surface area contributed by atoms with E-state index in [9.17, 15) is 4.79 Å². The Balaban J connectivity index is 2.18. The molecule has 0 N–H and O–H groups in total. The predicted octanol–water partition coefficient (Wildman–Crippen LogP) is 5.29. The van der Waals surface area contributed by atoms with Crippen molar-refractivity contribution in [3.8, 4) is 0 Å². The zero-order chi connectivity index (χ0) is 21.0. The molecule has 0 aliphatic heterocycles. The first-order chi connectivity index (χ1) is 13.0. The van der Waals surface area contributed by atoms with Gasteiger partial charge >= 0.3 is 0 Å². The largest absolute Gasteiger partial charge is 0.407 e. The Morgan fingerprint density at radius 1 is 1.18 bits per heavy atom. The van der Waals surface area contributed by atoms with Crippen LogP contribution in [0.3, 0.4) is 0 Å². The van der Waals surface area contributed by atoms with E-state index in [1.165, 1.54) is 0 Å². The molecule has 0 radical (unpaired) electrons. The maximum Gasteiger partial charge on any atom is 0.193 e. The summed E-state index contributed by atoms with van der Waals surface area (Å²) >= 11 is 0. The molecular weight excluding hydrogens is 368 g/mol. The van der Waals surface area contributed by atoms with Crippen molar-refractivity contribution in [1.29, 1.82) is 0 Å². The second-order valence-electron chi connectivity index (χ2n) is 9.51. The van der Waals surface area contributed by atoms with Crippen molar-refractivity contribution >= 4 is 14.1 Å². The first-order valence-corrected chi connectivity index (χ1v) is 13.0. The van der Waals surface area contributed by atoms with Crippen LogP contribution in [0.25, 0.3) is 0 Å². The molecule has 156 valence electrons. The van der Waals surface area contributed by atoms with Crippen LogP contribution in [0.2, 0.25) is 18.1 Å². The third kappa shape index (κ3) is 5.86. The number of rotatable bonds is 8. The number of carbonyl (C=O) groups excluding carboxylic acids is 1. The van der Waals surface area contributed by atoms with Crippen LogP contribution in [0.5, 0.6) is 0 Å². The van der Waals surface area contributed by atoms with Gasteiger partial charge in [-0.3, -0.25) is 4.79 Å². The Kier molecular flexibility index (Phi) is 7.42. The Morgan fingerprint density at radius 3 is 2.36 bits per heavy atom. The molecule has 0 unspecified atom stereocenters. The van der Waals surface area contributed by atoms with Gasteiger partial charge in [0.1, 0.15) is 12.2 Å². The smallest absolute Gasteiger partial charge is 0.193 e. The summed E-state index contributed by atoms with van der Waals surface area (Å²) in [7, 11) is -2.10. The molecule has 0 aromatic heterocycles. The van der Waals surface area contributed by atoms with Crippen LogP contribution in [-0.2, 0) is 25.3 Å². The fourth-order valence-electron chi connectivity index (χ4n) is 3.18. The Bertz CT molecular complexity index is 665. The molecule has 4 nitrogen and oxygen atoms in total. The fourth-order valence-corrected chi connectivity index (χ4v) is 4.45. The number of hydrogen-bond donors (Lipinski definition) is 0. The second-order valence-corrected chi connectivity index (χ2v) is 14.3. The van der Waals surface area contributed by atoms with Crippen molar-refractivity contribution in [3.05, 3.63) is 48.6 Å². The molecule has 1 aliphatic carbocycles. The highest BCUT2D eigenvalue weighted by Gasteiger charge is 2.48. The summed E-state index contributed by atoms with van der Waals surface area (Å²) in [6.45, 7) is 17.5. The number of carbonyl (C=O) groups is 1. The first-order valence-electron chi connectivity index (χ1n) is 10.1. The van der Waals surface area contributed by atoms with Gasteiger partial charge in [-0.05, 0) is 30.6 Å². The molecule has 0 saturated heterocycles. The van der Waals surface area contributed by atoms with E-state index in [4.69, 9.17) is 13.9 Å². The average molecular weight is 405 g/mol. The van der Waals surface area contributed by atoms with Gasteiger partial charge in [0.05, 0.1) is 18.8 Å². The zero-order valence-electron chi connectivity index (χ0n) is 18.3. The highest BCUT2D eigenvalue weighted by Crippen LogP contribution is 2.41. The van der Waals surface area contributed by atoms with Crippen LogP contribution >= 0.6 is 0 Å². The van der Waals surface area contributed by atoms with E-state index in [2.05, 4.69) is 47.4 Å². The van der Waals surface area contributed by atoms with Crippen molar-refractivity contribution in [2.75, 3.05) is 6.61 Å². The molecule has 1 aliphatic rings. The van der Waals surface area contributed by atoms with Crippen LogP contribution in [0.4, 0.5) is 0 Å². The van der Waals surface area contributed by atoms with Crippen LogP contribution in [0.15, 0.2) is 43.0 Å². The Labute approximate surface area is 171 Å². The summed E-state index contributed by atoms with van der Waals surface area (Å²) in [6.07, 6.45) is 1.74. The van der Waals surface area contributed by atoms with E-state index >= 15 is 0 Å². The summed E-state index contributed by atoms with van der Waals surface area (Å²) < 4.78 is 18.6. The van der Waals surface area contributed by atoms with Gasteiger partial charge < -0.3 is 13.9 Å². The summed E-state index contributed by atoms with van der Waals surface area (Å²) in [5.41, 5.74) is 0.633.